The topological polar surface area (TPSA) is 57.2 Å². The van der Waals surface area contributed by atoms with Gasteiger partial charge in [-0.15, -0.1) is 34.0 Å². The predicted molar refractivity (Wildman–Crippen MR) is 424 cm³/mol. The Kier molecular flexibility index (Phi) is 20.6. The number of benzene rings is 10. The Hall–Kier alpha value is -10.9. The van der Waals surface area contributed by atoms with Crippen LogP contribution in [-0.4, -0.2) is 15.0 Å². The SMILES string of the molecule is Brc1ccc(-c2ccc(Br)cc2)cc1.c1ccc(-c2ccc(-c3ccc(N(c4ccc(-c5ccc(N(c6ccc(-c7ccc(-c8ccccc8)s7)cc6)c6cccnc6)cc5)cc4)c4cccnc4)cc3)s2)cc1.c1ccc(-c2ccc(-c3ccc(Nc4cccnc4)cc3)s2)cc1. The highest BCUT2D eigenvalue weighted by Gasteiger charge is 2.17. The van der Waals surface area contributed by atoms with Gasteiger partial charge in [0.15, 0.2) is 0 Å². The number of aromatic nitrogens is 3. The van der Waals surface area contributed by atoms with Gasteiger partial charge in [0.2, 0.25) is 0 Å². The molecule has 0 amide bonds. The Labute approximate surface area is 601 Å². The Morgan fingerprint density at radius 2 is 0.480 bits per heavy atom. The van der Waals surface area contributed by atoms with Crippen LogP contribution >= 0.6 is 65.9 Å². The third-order valence-corrected chi connectivity index (χ3v) is 21.0. The molecule has 0 aliphatic carbocycles. The van der Waals surface area contributed by atoms with E-state index in [2.05, 4.69) is 365 Å². The van der Waals surface area contributed by atoms with Crippen molar-refractivity contribution in [1.29, 1.82) is 0 Å². The van der Waals surface area contributed by atoms with Crippen LogP contribution in [0.2, 0.25) is 0 Å². The fourth-order valence-electron chi connectivity index (χ4n) is 11.4. The maximum Gasteiger partial charge on any atom is 0.0644 e. The van der Waals surface area contributed by atoms with E-state index in [4.69, 9.17) is 0 Å². The first-order valence-electron chi connectivity index (χ1n) is 31.9. The summed E-state index contributed by atoms with van der Waals surface area (Å²) in [5.74, 6) is 0. The quantitative estimate of drug-likeness (QED) is 0.104. The van der Waals surface area contributed by atoms with Crippen LogP contribution in [0.5, 0.6) is 0 Å². The molecule has 11 heteroatoms. The predicted octanol–water partition coefficient (Wildman–Crippen LogP) is 27.0. The second-order valence-corrected chi connectivity index (χ2v) is 27.9. The number of nitrogens with one attached hydrogen (secondary N) is 1. The van der Waals surface area contributed by atoms with E-state index in [-0.39, 0.29) is 0 Å². The molecule has 16 aromatic rings. The summed E-state index contributed by atoms with van der Waals surface area (Å²) < 4.78 is 2.22. The standard InChI is InChI=1S/C54H38N4S2.C21H16N2S.C12H8Br2/c1-3-9-41(10-4-1)51-31-33-53(59-51)43-19-27-47(28-20-43)57(49-13-7-35-55-37-49)45-23-15-39(16-24-45)40-17-25-46(26-18-40)58(50-14-8-36-56-38-50)48-29-21-44(22-30-48)54-34-32-52(60-54)42-11-5-2-6-12-42;1-2-5-16(6-3-1)20-12-13-21(24-20)17-8-10-18(11-9-17)23-19-7-4-14-22-15-19;13-11-5-1-9(2-6-11)10-3-7-12(14)8-4-10/h1-38H;1-15,23H;1-8H. The van der Waals surface area contributed by atoms with Gasteiger partial charge >= 0.3 is 0 Å². The Morgan fingerprint density at radius 1 is 0.214 bits per heavy atom. The third-order valence-electron chi connectivity index (χ3n) is 16.3. The zero-order chi connectivity index (χ0) is 66.2. The highest BCUT2D eigenvalue weighted by atomic mass is 79.9. The van der Waals surface area contributed by atoms with E-state index in [9.17, 15) is 0 Å². The molecule has 0 atom stereocenters. The molecule has 16 rings (SSSR count). The number of thiophene rings is 3. The minimum Gasteiger partial charge on any atom is -0.354 e. The first kappa shape index (κ1) is 64.4. The minimum absolute atomic E-state index is 0.993. The van der Waals surface area contributed by atoms with Crippen molar-refractivity contribution in [1.82, 2.24) is 15.0 Å². The van der Waals surface area contributed by atoms with E-state index >= 15 is 0 Å². The maximum atomic E-state index is 4.47. The van der Waals surface area contributed by atoms with E-state index in [1.807, 2.05) is 95.3 Å². The van der Waals surface area contributed by atoms with Gasteiger partial charge in [0.1, 0.15) is 0 Å². The fraction of sp³-hybridized carbons (Fsp3) is 0. The van der Waals surface area contributed by atoms with E-state index in [0.29, 0.717) is 0 Å². The third kappa shape index (κ3) is 16.0. The number of hydrogen-bond donors (Lipinski definition) is 1. The van der Waals surface area contributed by atoms with Gasteiger partial charge in [0.25, 0.3) is 0 Å². The van der Waals surface area contributed by atoms with Gasteiger partial charge in [0, 0.05) is 85.2 Å². The zero-order valence-corrected chi connectivity index (χ0v) is 58.6. The average molecular weight is 1450 g/mol. The first-order valence-corrected chi connectivity index (χ1v) is 36.0. The highest BCUT2D eigenvalue weighted by Crippen LogP contribution is 2.42. The number of rotatable bonds is 16. The highest BCUT2D eigenvalue weighted by molar-refractivity contribution is 9.10. The van der Waals surface area contributed by atoms with Crippen LogP contribution < -0.4 is 15.1 Å². The van der Waals surface area contributed by atoms with Gasteiger partial charge in [-0.25, -0.2) is 0 Å². The lowest BCUT2D eigenvalue weighted by molar-refractivity contribution is 1.23. The van der Waals surface area contributed by atoms with Crippen LogP contribution in [-0.2, 0) is 0 Å². The largest absolute Gasteiger partial charge is 0.354 e. The lowest BCUT2D eigenvalue weighted by Crippen LogP contribution is -2.10. The molecule has 6 heterocycles. The molecule has 0 radical (unpaired) electrons. The summed E-state index contributed by atoms with van der Waals surface area (Å²) in [6.07, 6.45) is 11.1. The maximum absolute atomic E-state index is 4.47. The van der Waals surface area contributed by atoms with Crippen LogP contribution in [0.3, 0.4) is 0 Å². The van der Waals surface area contributed by atoms with Crippen molar-refractivity contribution in [2.75, 3.05) is 15.1 Å². The molecule has 472 valence electrons. The van der Waals surface area contributed by atoms with Crippen LogP contribution in [0.25, 0.3) is 84.9 Å². The molecule has 0 spiro atoms. The molecule has 0 aliphatic heterocycles. The molecule has 0 bridgehead atoms. The Bertz CT molecular complexity index is 4870. The summed E-state index contributed by atoms with van der Waals surface area (Å²) >= 11 is 12.3. The molecular weight excluding hydrogens is 1390 g/mol. The molecule has 6 aromatic heterocycles. The summed E-state index contributed by atoms with van der Waals surface area (Å²) in [4.78, 5) is 25.2. The van der Waals surface area contributed by atoms with Gasteiger partial charge in [-0.05, 0) is 213 Å². The Morgan fingerprint density at radius 3 is 0.765 bits per heavy atom. The molecule has 6 nitrogen and oxygen atoms in total. The summed E-state index contributed by atoms with van der Waals surface area (Å²) in [6.45, 7) is 0. The molecular formula is C87H62Br2N6S3. The van der Waals surface area contributed by atoms with Crippen LogP contribution in [0, 0.1) is 0 Å². The van der Waals surface area contributed by atoms with E-state index in [0.717, 1.165) is 65.6 Å². The second kappa shape index (κ2) is 31.3. The first-order chi connectivity index (χ1) is 48.4. The van der Waals surface area contributed by atoms with Crippen LogP contribution in [0.4, 0.5) is 45.5 Å². The number of anilines is 8. The summed E-state index contributed by atoms with van der Waals surface area (Å²) in [5.41, 5.74) is 20.5. The van der Waals surface area contributed by atoms with Crippen molar-refractivity contribution in [2.45, 2.75) is 0 Å². The van der Waals surface area contributed by atoms with Crippen LogP contribution in [0.1, 0.15) is 0 Å². The molecule has 10 aromatic carbocycles. The van der Waals surface area contributed by atoms with Gasteiger partial charge in [-0.1, -0.05) is 208 Å². The lowest BCUT2D eigenvalue weighted by Gasteiger charge is -2.26. The zero-order valence-electron chi connectivity index (χ0n) is 52.9. The van der Waals surface area contributed by atoms with E-state index < -0.39 is 0 Å². The molecule has 0 fully saturated rings. The minimum atomic E-state index is 0.993. The fourth-order valence-corrected chi connectivity index (χ4v) is 15.0. The van der Waals surface area contributed by atoms with Gasteiger partial charge in [-0.2, -0.15) is 0 Å². The van der Waals surface area contributed by atoms with Crippen molar-refractivity contribution in [3.8, 4) is 84.9 Å². The molecule has 0 saturated heterocycles. The smallest absolute Gasteiger partial charge is 0.0644 e. The van der Waals surface area contributed by atoms with Crippen molar-refractivity contribution in [3.63, 3.8) is 0 Å². The monoisotopic (exact) mass is 1440 g/mol. The molecule has 0 aliphatic rings. The normalized spacial score (nSPS) is 10.8. The number of nitrogens with zero attached hydrogens (tertiary/aromatic N) is 5. The Balaban J connectivity index is 0.000000175. The van der Waals surface area contributed by atoms with Gasteiger partial charge < -0.3 is 15.1 Å². The van der Waals surface area contributed by atoms with Crippen molar-refractivity contribution < 1.29 is 0 Å². The molecule has 0 saturated carbocycles. The van der Waals surface area contributed by atoms with E-state index in [1.54, 1.807) is 6.20 Å². The second-order valence-electron chi connectivity index (χ2n) is 22.8. The lowest BCUT2D eigenvalue weighted by atomic mass is 10.0. The summed E-state index contributed by atoms with van der Waals surface area (Å²) in [6, 6.07) is 117. The molecule has 1 N–H and O–H groups in total. The molecule has 98 heavy (non-hydrogen) atoms. The number of hydrogen-bond acceptors (Lipinski definition) is 9. The van der Waals surface area contributed by atoms with Crippen molar-refractivity contribution in [2.24, 2.45) is 0 Å². The summed E-state index contributed by atoms with van der Waals surface area (Å²) in [7, 11) is 0. The van der Waals surface area contributed by atoms with Crippen molar-refractivity contribution >= 4 is 111 Å². The van der Waals surface area contributed by atoms with Gasteiger partial charge in [-0.3, -0.25) is 15.0 Å². The van der Waals surface area contributed by atoms with Crippen LogP contribution in [0.15, 0.2) is 380 Å². The van der Waals surface area contributed by atoms with Gasteiger partial charge in [0.05, 0.1) is 35.7 Å². The molecule has 0 unspecified atom stereocenters. The van der Waals surface area contributed by atoms with E-state index in [1.165, 1.54) is 73.8 Å². The summed E-state index contributed by atoms with van der Waals surface area (Å²) in [5, 5.41) is 3.35. The average Bonchev–Trinajstić information content (AvgIpc) is 1.06. The number of halogens is 2. The van der Waals surface area contributed by atoms with Crippen molar-refractivity contribution in [3.05, 3.63) is 380 Å². The number of pyridine rings is 3.